The van der Waals surface area contributed by atoms with Crippen molar-refractivity contribution < 1.29 is 0 Å². The topological polar surface area (TPSA) is 24.1 Å². The maximum absolute atomic E-state index is 4.08. The Kier molecular flexibility index (Phi) is 7.73. The molecule has 0 heterocycles. The minimum absolute atomic E-state index is 0.0163. The Morgan fingerprint density at radius 2 is 0.609 bits per heavy atom. The molecule has 8 aromatic rings. The van der Waals surface area contributed by atoms with Crippen LogP contribution in [0.5, 0.6) is 0 Å². The molecule has 0 saturated heterocycles. The molecule has 0 fully saturated rings. The van der Waals surface area contributed by atoms with Gasteiger partial charge in [-0.05, 0) is 77.5 Å². The maximum atomic E-state index is 4.08. The first kappa shape index (κ1) is 28.2. The number of fused-ring (bicyclic) bond motifs is 4. The molecule has 0 saturated carbocycles. The molecule has 2 atom stereocenters. The molecule has 0 amide bonds. The van der Waals surface area contributed by atoms with Crippen LogP contribution in [-0.4, -0.2) is 0 Å². The van der Waals surface area contributed by atoms with E-state index in [1.807, 2.05) is 0 Å². The lowest BCUT2D eigenvalue weighted by molar-refractivity contribution is 0.383. The third-order valence-electron chi connectivity index (χ3n) is 9.41. The minimum Gasteiger partial charge on any atom is -0.304 e. The van der Waals surface area contributed by atoms with Gasteiger partial charge < -0.3 is 10.6 Å². The highest BCUT2D eigenvalue weighted by molar-refractivity contribution is 6.03. The molecule has 8 rings (SSSR count). The van der Waals surface area contributed by atoms with Crippen molar-refractivity contribution in [3.8, 4) is 0 Å². The van der Waals surface area contributed by atoms with Gasteiger partial charge in [0.1, 0.15) is 0 Å². The summed E-state index contributed by atoms with van der Waals surface area (Å²) in [5.74, 6) is 0. The van der Waals surface area contributed by atoms with Gasteiger partial charge in [0.2, 0.25) is 0 Å². The van der Waals surface area contributed by atoms with E-state index in [1.54, 1.807) is 0 Å². The van der Waals surface area contributed by atoms with Crippen molar-refractivity contribution >= 4 is 43.1 Å². The van der Waals surface area contributed by atoms with E-state index in [4.69, 9.17) is 0 Å². The average Bonchev–Trinajstić information content (AvgIpc) is 3.12. The van der Waals surface area contributed by atoms with Gasteiger partial charge in [-0.1, -0.05) is 158 Å². The zero-order valence-electron chi connectivity index (χ0n) is 25.7. The molecule has 8 aromatic carbocycles. The monoisotopic (exact) mass is 592 g/mol. The SMILES string of the molecule is c1ccc([C@@H](NCc2c3ccccc3cc3ccccc23)[C@H](NCc2c3ccccc3cc3ccccc23)c2ccccc2)cc1. The van der Waals surface area contributed by atoms with Gasteiger partial charge >= 0.3 is 0 Å². The second kappa shape index (κ2) is 12.6. The van der Waals surface area contributed by atoms with E-state index < -0.39 is 0 Å². The van der Waals surface area contributed by atoms with Crippen LogP contribution in [0.25, 0.3) is 43.1 Å². The molecule has 0 aliphatic rings. The highest BCUT2D eigenvalue weighted by atomic mass is 15.0. The number of rotatable bonds is 9. The number of nitrogens with one attached hydrogen (secondary N) is 2. The van der Waals surface area contributed by atoms with E-state index in [0.29, 0.717) is 0 Å². The number of hydrogen-bond acceptors (Lipinski definition) is 2. The second-order valence-corrected chi connectivity index (χ2v) is 12.1. The summed E-state index contributed by atoms with van der Waals surface area (Å²) in [4.78, 5) is 0. The summed E-state index contributed by atoms with van der Waals surface area (Å²) in [6.07, 6.45) is 0. The van der Waals surface area contributed by atoms with E-state index >= 15 is 0 Å². The molecule has 0 radical (unpaired) electrons. The third kappa shape index (κ3) is 5.43. The van der Waals surface area contributed by atoms with Crippen LogP contribution in [0.3, 0.4) is 0 Å². The Morgan fingerprint density at radius 1 is 0.326 bits per heavy atom. The zero-order chi connectivity index (χ0) is 30.7. The molecule has 0 aliphatic heterocycles. The molecule has 2 heteroatoms. The van der Waals surface area contributed by atoms with Gasteiger partial charge in [0.15, 0.2) is 0 Å². The molecule has 222 valence electrons. The second-order valence-electron chi connectivity index (χ2n) is 12.1. The van der Waals surface area contributed by atoms with Crippen molar-refractivity contribution in [2.45, 2.75) is 25.2 Å². The van der Waals surface area contributed by atoms with E-state index in [0.717, 1.165) is 13.1 Å². The van der Waals surface area contributed by atoms with Crippen molar-refractivity contribution in [3.63, 3.8) is 0 Å². The van der Waals surface area contributed by atoms with Gasteiger partial charge in [-0.2, -0.15) is 0 Å². The van der Waals surface area contributed by atoms with E-state index in [9.17, 15) is 0 Å². The van der Waals surface area contributed by atoms with Gasteiger partial charge in [-0.3, -0.25) is 0 Å². The molecule has 0 aliphatic carbocycles. The fraction of sp³-hybridized carbons (Fsp3) is 0.0909. The van der Waals surface area contributed by atoms with Gasteiger partial charge in [0.25, 0.3) is 0 Å². The first-order valence-electron chi connectivity index (χ1n) is 16.2. The Bertz CT molecular complexity index is 2000. The van der Waals surface area contributed by atoms with Crippen LogP contribution in [0.15, 0.2) is 170 Å². The predicted molar refractivity (Wildman–Crippen MR) is 195 cm³/mol. The Morgan fingerprint density at radius 3 is 0.935 bits per heavy atom. The van der Waals surface area contributed by atoms with Gasteiger partial charge in [-0.25, -0.2) is 0 Å². The van der Waals surface area contributed by atoms with Crippen LogP contribution >= 0.6 is 0 Å². The first-order valence-corrected chi connectivity index (χ1v) is 16.2. The summed E-state index contributed by atoms with van der Waals surface area (Å²) >= 11 is 0. The maximum Gasteiger partial charge on any atom is 0.0521 e. The molecule has 2 N–H and O–H groups in total. The largest absolute Gasteiger partial charge is 0.304 e. The van der Waals surface area contributed by atoms with Crippen LogP contribution in [0.4, 0.5) is 0 Å². The van der Waals surface area contributed by atoms with Gasteiger partial charge in [0, 0.05) is 13.1 Å². The molecule has 0 aromatic heterocycles. The number of benzene rings is 8. The van der Waals surface area contributed by atoms with Crippen molar-refractivity contribution in [3.05, 3.63) is 192 Å². The van der Waals surface area contributed by atoms with Crippen LogP contribution < -0.4 is 10.6 Å². The highest BCUT2D eigenvalue weighted by Gasteiger charge is 2.25. The molecule has 46 heavy (non-hydrogen) atoms. The van der Waals surface area contributed by atoms with Crippen LogP contribution in [0, 0.1) is 0 Å². The normalized spacial score (nSPS) is 13.0. The fourth-order valence-corrected chi connectivity index (χ4v) is 7.20. The average molecular weight is 593 g/mol. The van der Waals surface area contributed by atoms with Crippen molar-refractivity contribution in [2.24, 2.45) is 0 Å². The lowest BCUT2D eigenvalue weighted by Gasteiger charge is -2.31. The summed E-state index contributed by atoms with van der Waals surface area (Å²) in [5, 5.41) is 18.5. The van der Waals surface area contributed by atoms with Crippen LogP contribution in [0.1, 0.15) is 34.3 Å². The fourth-order valence-electron chi connectivity index (χ4n) is 7.20. The molecule has 2 nitrogen and oxygen atoms in total. The Balaban J connectivity index is 1.22. The standard InChI is InChI=1S/C44H36N2/c1-3-15-31(16-4-1)43(45-29-41-37-23-11-7-19-33(37)27-34-20-8-12-24-38(34)41)44(32-17-5-2-6-18-32)46-30-42-39-25-13-9-21-35(39)28-36-22-10-14-26-40(36)42/h1-28,43-46H,29-30H2/t43-,44-/m1/s1. The van der Waals surface area contributed by atoms with Crippen molar-refractivity contribution in [1.82, 2.24) is 10.6 Å². The quantitative estimate of drug-likeness (QED) is 0.163. The van der Waals surface area contributed by atoms with E-state index in [-0.39, 0.29) is 12.1 Å². The van der Waals surface area contributed by atoms with E-state index in [2.05, 4.69) is 180 Å². The lowest BCUT2D eigenvalue weighted by atomic mass is 9.91. The summed E-state index contributed by atoms with van der Waals surface area (Å²) in [7, 11) is 0. The number of hydrogen-bond donors (Lipinski definition) is 2. The van der Waals surface area contributed by atoms with Crippen LogP contribution in [-0.2, 0) is 13.1 Å². The first-order chi connectivity index (χ1) is 22.8. The lowest BCUT2D eigenvalue weighted by Crippen LogP contribution is -2.35. The third-order valence-corrected chi connectivity index (χ3v) is 9.41. The van der Waals surface area contributed by atoms with Gasteiger partial charge in [0.05, 0.1) is 12.1 Å². The zero-order valence-corrected chi connectivity index (χ0v) is 25.7. The highest BCUT2D eigenvalue weighted by Crippen LogP contribution is 2.34. The van der Waals surface area contributed by atoms with E-state index in [1.165, 1.54) is 65.3 Å². The molecule has 0 spiro atoms. The Labute approximate surface area is 270 Å². The molecule has 0 bridgehead atoms. The summed E-state index contributed by atoms with van der Waals surface area (Å²) < 4.78 is 0. The molecular weight excluding hydrogens is 556 g/mol. The molecule has 0 unspecified atom stereocenters. The minimum atomic E-state index is 0.0163. The summed E-state index contributed by atoms with van der Waals surface area (Å²) in [6.45, 7) is 1.48. The summed E-state index contributed by atoms with van der Waals surface area (Å²) in [5.41, 5.74) is 5.19. The smallest absolute Gasteiger partial charge is 0.0521 e. The van der Waals surface area contributed by atoms with Gasteiger partial charge in [-0.15, -0.1) is 0 Å². The Hall–Kier alpha value is -5.28. The summed E-state index contributed by atoms with van der Waals surface area (Å²) in [6, 6.07) is 61.5. The predicted octanol–water partition coefficient (Wildman–Crippen LogP) is 10.7. The van der Waals surface area contributed by atoms with Crippen molar-refractivity contribution in [1.29, 1.82) is 0 Å². The van der Waals surface area contributed by atoms with Crippen molar-refractivity contribution in [2.75, 3.05) is 0 Å². The molecular formula is C44H36N2. The van der Waals surface area contributed by atoms with Crippen LogP contribution in [0.2, 0.25) is 0 Å².